The van der Waals surface area contributed by atoms with E-state index in [1.54, 1.807) is 12.1 Å². The molecule has 2 N–H and O–H groups in total. The molecule has 0 aliphatic heterocycles. The third-order valence-electron chi connectivity index (χ3n) is 3.42. The van der Waals surface area contributed by atoms with E-state index in [0.29, 0.717) is 17.0 Å². The summed E-state index contributed by atoms with van der Waals surface area (Å²) in [6, 6.07) is 9.38. The molecule has 1 aliphatic carbocycles. The fourth-order valence-electron chi connectivity index (χ4n) is 2.18. The standard InChI is InChI=1S/C14H14N2O2/c17-14(18)11-5-2-6-12-10(11)7-8-13(16-12)15-9-3-1-4-9/h2,5-9H,1,3-4H2,(H,15,16)(H,17,18). The third kappa shape index (κ3) is 1.90. The van der Waals surface area contributed by atoms with Gasteiger partial charge in [0.05, 0.1) is 11.1 Å². The van der Waals surface area contributed by atoms with E-state index in [1.165, 1.54) is 19.3 Å². The summed E-state index contributed by atoms with van der Waals surface area (Å²) < 4.78 is 0. The van der Waals surface area contributed by atoms with Gasteiger partial charge in [0, 0.05) is 11.4 Å². The van der Waals surface area contributed by atoms with Crippen LogP contribution in [0.5, 0.6) is 0 Å². The Morgan fingerprint density at radius 1 is 1.28 bits per heavy atom. The van der Waals surface area contributed by atoms with Crippen molar-refractivity contribution >= 4 is 22.7 Å². The molecule has 1 aromatic heterocycles. The van der Waals surface area contributed by atoms with E-state index in [-0.39, 0.29) is 0 Å². The minimum Gasteiger partial charge on any atom is -0.478 e. The van der Waals surface area contributed by atoms with Crippen molar-refractivity contribution < 1.29 is 9.90 Å². The number of rotatable bonds is 3. The molecule has 4 heteroatoms. The first-order valence-electron chi connectivity index (χ1n) is 6.13. The molecule has 3 rings (SSSR count). The Morgan fingerprint density at radius 3 is 2.78 bits per heavy atom. The number of carboxylic acids is 1. The Morgan fingerprint density at radius 2 is 2.11 bits per heavy atom. The van der Waals surface area contributed by atoms with Crippen LogP contribution < -0.4 is 5.32 Å². The highest BCUT2D eigenvalue weighted by Gasteiger charge is 2.17. The molecule has 0 unspecified atom stereocenters. The van der Waals surface area contributed by atoms with Crippen LogP contribution in [-0.4, -0.2) is 22.1 Å². The second-order valence-electron chi connectivity index (χ2n) is 4.65. The molecule has 1 aromatic carbocycles. The summed E-state index contributed by atoms with van der Waals surface area (Å²) in [7, 11) is 0. The topological polar surface area (TPSA) is 62.2 Å². The van der Waals surface area contributed by atoms with Crippen molar-refractivity contribution in [3.63, 3.8) is 0 Å². The number of aromatic nitrogens is 1. The number of aromatic carboxylic acids is 1. The van der Waals surface area contributed by atoms with Gasteiger partial charge in [-0.1, -0.05) is 6.07 Å². The summed E-state index contributed by atoms with van der Waals surface area (Å²) in [5.74, 6) is -0.0863. The van der Waals surface area contributed by atoms with Crippen LogP contribution in [-0.2, 0) is 0 Å². The first kappa shape index (κ1) is 11.0. The molecule has 0 spiro atoms. The number of carboxylic acid groups (broad SMARTS) is 1. The lowest BCUT2D eigenvalue weighted by Crippen LogP contribution is -2.27. The number of nitrogens with zero attached hydrogens (tertiary/aromatic N) is 1. The molecule has 0 radical (unpaired) electrons. The quantitative estimate of drug-likeness (QED) is 0.868. The largest absolute Gasteiger partial charge is 0.478 e. The van der Waals surface area contributed by atoms with Crippen molar-refractivity contribution in [1.29, 1.82) is 0 Å². The SMILES string of the molecule is O=C(O)c1cccc2nc(NC3CCC3)ccc12. The molecule has 92 valence electrons. The van der Waals surface area contributed by atoms with Gasteiger partial charge in [-0.05, 0) is 43.5 Å². The molecule has 1 heterocycles. The maximum Gasteiger partial charge on any atom is 0.336 e. The highest BCUT2D eigenvalue weighted by molar-refractivity contribution is 6.02. The van der Waals surface area contributed by atoms with E-state index in [4.69, 9.17) is 5.11 Å². The molecule has 0 bridgehead atoms. The van der Waals surface area contributed by atoms with Crippen molar-refractivity contribution in [2.75, 3.05) is 5.32 Å². The van der Waals surface area contributed by atoms with Gasteiger partial charge in [0.2, 0.25) is 0 Å². The van der Waals surface area contributed by atoms with Crippen LogP contribution in [0.2, 0.25) is 0 Å². The molecule has 2 aromatic rings. The lowest BCUT2D eigenvalue weighted by atomic mass is 9.93. The Hall–Kier alpha value is -2.10. The van der Waals surface area contributed by atoms with Gasteiger partial charge in [-0.3, -0.25) is 0 Å². The zero-order valence-electron chi connectivity index (χ0n) is 9.89. The van der Waals surface area contributed by atoms with E-state index in [2.05, 4.69) is 10.3 Å². The van der Waals surface area contributed by atoms with Crippen LogP contribution >= 0.6 is 0 Å². The molecule has 0 amide bonds. The number of carbonyl (C=O) groups is 1. The van der Waals surface area contributed by atoms with Crippen molar-refractivity contribution in [2.24, 2.45) is 0 Å². The van der Waals surface area contributed by atoms with Crippen molar-refractivity contribution in [2.45, 2.75) is 25.3 Å². The van der Waals surface area contributed by atoms with Gasteiger partial charge >= 0.3 is 5.97 Å². The van der Waals surface area contributed by atoms with Crippen LogP contribution in [0.25, 0.3) is 10.9 Å². The number of nitrogens with one attached hydrogen (secondary N) is 1. The minimum atomic E-state index is -0.915. The first-order chi connectivity index (χ1) is 8.74. The van der Waals surface area contributed by atoms with Crippen LogP contribution in [0.15, 0.2) is 30.3 Å². The fourth-order valence-corrected chi connectivity index (χ4v) is 2.18. The number of hydrogen-bond donors (Lipinski definition) is 2. The van der Waals surface area contributed by atoms with E-state index < -0.39 is 5.97 Å². The molecule has 1 aliphatic rings. The Balaban J connectivity index is 1.99. The first-order valence-corrected chi connectivity index (χ1v) is 6.13. The van der Waals surface area contributed by atoms with Gasteiger partial charge in [0.1, 0.15) is 5.82 Å². The molecule has 1 saturated carbocycles. The van der Waals surface area contributed by atoms with Crippen LogP contribution in [0.4, 0.5) is 5.82 Å². The second-order valence-corrected chi connectivity index (χ2v) is 4.65. The summed E-state index contributed by atoms with van der Waals surface area (Å²) in [5.41, 5.74) is 1.02. The number of anilines is 1. The van der Waals surface area contributed by atoms with E-state index >= 15 is 0 Å². The van der Waals surface area contributed by atoms with E-state index in [9.17, 15) is 4.79 Å². The summed E-state index contributed by atoms with van der Waals surface area (Å²) in [6.45, 7) is 0. The second kappa shape index (κ2) is 4.29. The average Bonchev–Trinajstić information content (AvgIpc) is 2.32. The van der Waals surface area contributed by atoms with Crippen LogP contribution in [0, 0.1) is 0 Å². The summed E-state index contributed by atoms with van der Waals surface area (Å²) >= 11 is 0. The highest BCUT2D eigenvalue weighted by Crippen LogP contribution is 2.24. The van der Waals surface area contributed by atoms with Gasteiger partial charge in [-0.2, -0.15) is 0 Å². The molecule has 18 heavy (non-hydrogen) atoms. The zero-order valence-corrected chi connectivity index (χ0v) is 9.89. The van der Waals surface area contributed by atoms with E-state index in [0.717, 1.165) is 11.3 Å². The number of pyridine rings is 1. The predicted molar refractivity (Wildman–Crippen MR) is 70.0 cm³/mol. The number of benzene rings is 1. The summed E-state index contributed by atoms with van der Waals surface area (Å²) in [6.07, 6.45) is 3.65. The van der Waals surface area contributed by atoms with Gasteiger partial charge in [-0.15, -0.1) is 0 Å². The lowest BCUT2D eigenvalue weighted by molar-refractivity contribution is 0.0699. The lowest BCUT2D eigenvalue weighted by Gasteiger charge is -2.26. The minimum absolute atomic E-state index is 0.301. The molecular weight excluding hydrogens is 228 g/mol. The maximum absolute atomic E-state index is 11.1. The summed E-state index contributed by atoms with van der Waals surface area (Å²) in [4.78, 5) is 15.6. The van der Waals surface area contributed by atoms with Crippen molar-refractivity contribution in [3.05, 3.63) is 35.9 Å². The zero-order chi connectivity index (χ0) is 12.5. The Bertz CT molecular complexity index is 606. The van der Waals surface area contributed by atoms with Crippen LogP contribution in [0.3, 0.4) is 0 Å². The average molecular weight is 242 g/mol. The van der Waals surface area contributed by atoms with Gasteiger partial charge in [-0.25, -0.2) is 9.78 Å². The monoisotopic (exact) mass is 242 g/mol. The molecule has 0 saturated heterocycles. The van der Waals surface area contributed by atoms with Crippen molar-refractivity contribution in [3.8, 4) is 0 Å². The molecule has 4 nitrogen and oxygen atoms in total. The predicted octanol–water partition coefficient (Wildman–Crippen LogP) is 2.90. The highest BCUT2D eigenvalue weighted by atomic mass is 16.4. The Kier molecular flexibility index (Phi) is 2.63. The smallest absolute Gasteiger partial charge is 0.336 e. The van der Waals surface area contributed by atoms with E-state index in [1.807, 2.05) is 18.2 Å². The normalized spacial score (nSPS) is 15.3. The molecule has 0 atom stereocenters. The molecule has 1 fully saturated rings. The maximum atomic E-state index is 11.1. The summed E-state index contributed by atoms with van der Waals surface area (Å²) in [5, 5.41) is 13.1. The fraction of sp³-hybridized carbons (Fsp3) is 0.286. The van der Waals surface area contributed by atoms with Crippen LogP contribution in [0.1, 0.15) is 29.6 Å². The molecular formula is C14H14N2O2. The van der Waals surface area contributed by atoms with Crippen molar-refractivity contribution in [1.82, 2.24) is 4.98 Å². The van der Waals surface area contributed by atoms with Gasteiger partial charge in [0.15, 0.2) is 0 Å². The van der Waals surface area contributed by atoms with Gasteiger partial charge in [0.25, 0.3) is 0 Å². The Labute approximate surface area is 105 Å². The number of hydrogen-bond acceptors (Lipinski definition) is 3. The van der Waals surface area contributed by atoms with Gasteiger partial charge < -0.3 is 10.4 Å². The third-order valence-corrected chi connectivity index (χ3v) is 3.42. The number of fused-ring (bicyclic) bond motifs is 1.